The van der Waals surface area contributed by atoms with Crippen LogP contribution in [0, 0.1) is 5.92 Å². The number of hydrogen-bond acceptors (Lipinski definition) is 3. The molecule has 6 nitrogen and oxygen atoms in total. The van der Waals surface area contributed by atoms with E-state index in [0.717, 1.165) is 37.7 Å². The van der Waals surface area contributed by atoms with Gasteiger partial charge in [0.2, 0.25) is 10.0 Å². The largest absolute Gasteiger partial charge is 0.345 e. The number of hydrogen-bond donors (Lipinski definition) is 1. The third-order valence-electron chi connectivity index (χ3n) is 6.27. The van der Waals surface area contributed by atoms with Crippen molar-refractivity contribution in [3.05, 3.63) is 53.3 Å². The van der Waals surface area contributed by atoms with E-state index in [4.69, 9.17) is 0 Å². The van der Waals surface area contributed by atoms with Gasteiger partial charge in [-0.25, -0.2) is 8.42 Å². The lowest BCUT2D eigenvalue weighted by Gasteiger charge is -2.29. The minimum atomic E-state index is -3.57. The second-order valence-electron chi connectivity index (χ2n) is 8.38. The van der Waals surface area contributed by atoms with Gasteiger partial charge >= 0.3 is 0 Å². The normalized spacial score (nSPS) is 21.0. The summed E-state index contributed by atoms with van der Waals surface area (Å²) in [6.45, 7) is 3.23. The van der Waals surface area contributed by atoms with Gasteiger partial charge in [0.15, 0.2) is 0 Å². The van der Waals surface area contributed by atoms with E-state index in [1.165, 1.54) is 11.6 Å². The van der Waals surface area contributed by atoms with Crippen LogP contribution in [0.5, 0.6) is 0 Å². The molecule has 7 heteroatoms. The van der Waals surface area contributed by atoms with Gasteiger partial charge in [-0.2, -0.15) is 4.31 Å². The van der Waals surface area contributed by atoms with Gasteiger partial charge in [0.05, 0.1) is 6.04 Å². The molecule has 1 fully saturated rings. The van der Waals surface area contributed by atoms with Gasteiger partial charge in [-0.05, 0) is 55.2 Å². The SMILES string of the molecule is CC1CCN(S(=O)(=O)c2cc(C(=O)N[C@@H]3CCCc4ccccc43)n(C)c2)CC1. The maximum atomic E-state index is 13.0. The van der Waals surface area contributed by atoms with E-state index in [0.29, 0.717) is 24.7 Å². The number of aryl methyl sites for hydroxylation is 2. The van der Waals surface area contributed by atoms with Crippen LogP contribution in [0.3, 0.4) is 0 Å². The zero-order valence-electron chi connectivity index (χ0n) is 17.1. The van der Waals surface area contributed by atoms with Crippen molar-refractivity contribution >= 4 is 15.9 Å². The predicted molar refractivity (Wildman–Crippen MR) is 112 cm³/mol. The fourth-order valence-electron chi connectivity index (χ4n) is 4.41. The summed E-state index contributed by atoms with van der Waals surface area (Å²) in [5, 5.41) is 3.11. The Morgan fingerprint density at radius 1 is 1.14 bits per heavy atom. The van der Waals surface area contributed by atoms with Crippen LogP contribution in [-0.4, -0.2) is 36.3 Å². The van der Waals surface area contributed by atoms with E-state index < -0.39 is 10.0 Å². The van der Waals surface area contributed by atoms with E-state index in [2.05, 4.69) is 24.4 Å². The van der Waals surface area contributed by atoms with Crippen LogP contribution < -0.4 is 5.32 Å². The van der Waals surface area contributed by atoms with Crippen molar-refractivity contribution in [3.8, 4) is 0 Å². The summed E-state index contributed by atoms with van der Waals surface area (Å²) in [6.07, 6.45) is 6.26. The summed E-state index contributed by atoms with van der Waals surface area (Å²) in [5.74, 6) is 0.319. The first kappa shape index (κ1) is 20.2. The number of carbonyl (C=O) groups excluding carboxylic acids is 1. The molecule has 2 aromatic rings. The van der Waals surface area contributed by atoms with E-state index in [-0.39, 0.29) is 16.8 Å². The maximum Gasteiger partial charge on any atom is 0.268 e. The van der Waals surface area contributed by atoms with Gasteiger partial charge in [-0.1, -0.05) is 31.2 Å². The molecule has 1 aromatic heterocycles. The van der Waals surface area contributed by atoms with Crippen molar-refractivity contribution < 1.29 is 13.2 Å². The first-order valence-corrected chi connectivity index (χ1v) is 11.9. The molecule has 1 N–H and O–H groups in total. The van der Waals surface area contributed by atoms with Gasteiger partial charge in [-0.15, -0.1) is 0 Å². The van der Waals surface area contributed by atoms with Gasteiger partial charge in [0.1, 0.15) is 10.6 Å². The molecule has 0 saturated carbocycles. The molecule has 4 rings (SSSR count). The third-order valence-corrected chi connectivity index (χ3v) is 8.13. The molecule has 1 aliphatic heterocycles. The van der Waals surface area contributed by atoms with Crippen LogP contribution in [-0.2, 0) is 23.5 Å². The Morgan fingerprint density at radius 3 is 2.62 bits per heavy atom. The van der Waals surface area contributed by atoms with Crippen LogP contribution in [0.4, 0.5) is 0 Å². The van der Waals surface area contributed by atoms with Gasteiger partial charge in [-0.3, -0.25) is 4.79 Å². The highest BCUT2D eigenvalue weighted by Gasteiger charge is 2.30. The molecule has 0 bridgehead atoms. The van der Waals surface area contributed by atoms with Crippen LogP contribution in [0.1, 0.15) is 60.3 Å². The standard InChI is InChI=1S/C22H29N3O3S/c1-16-10-12-25(13-11-16)29(27,28)18-14-21(24(2)15-18)22(26)23-20-9-5-7-17-6-3-4-8-19(17)20/h3-4,6,8,14-16,20H,5,7,9-13H2,1-2H3,(H,23,26)/t20-/m1/s1. The lowest BCUT2D eigenvalue weighted by atomic mass is 9.87. The van der Waals surface area contributed by atoms with Crippen molar-refractivity contribution in [2.24, 2.45) is 13.0 Å². The second-order valence-corrected chi connectivity index (χ2v) is 10.3. The minimum absolute atomic E-state index is 0.0361. The summed E-state index contributed by atoms with van der Waals surface area (Å²) in [7, 11) is -1.85. The number of rotatable bonds is 4. The first-order valence-electron chi connectivity index (χ1n) is 10.4. The summed E-state index contributed by atoms with van der Waals surface area (Å²) in [5.41, 5.74) is 2.81. The smallest absolute Gasteiger partial charge is 0.268 e. The Bertz CT molecular complexity index is 1000. The minimum Gasteiger partial charge on any atom is -0.345 e. The van der Waals surface area contributed by atoms with Crippen LogP contribution in [0.2, 0.25) is 0 Å². The van der Waals surface area contributed by atoms with E-state index in [1.54, 1.807) is 22.1 Å². The van der Waals surface area contributed by atoms with Crippen LogP contribution in [0.25, 0.3) is 0 Å². The fourth-order valence-corrected chi connectivity index (χ4v) is 5.95. The third kappa shape index (κ3) is 3.98. The highest BCUT2D eigenvalue weighted by molar-refractivity contribution is 7.89. The molecular formula is C22H29N3O3S. The molecule has 156 valence electrons. The van der Waals surface area contributed by atoms with Crippen molar-refractivity contribution in [3.63, 3.8) is 0 Å². The molecule has 1 aliphatic carbocycles. The Kier molecular flexibility index (Phi) is 5.53. The Labute approximate surface area is 173 Å². The number of nitrogens with zero attached hydrogens (tertiary/aromatic N) is 2. The molecule has 0 unspecified atom stereocenters. The van der Waals surface area contributed by atoms with Crippen molar-refractivity contribution in [2.75, 3.05) is 13.1 Å². The molecule has 29 heavy (non-hydrogen) atoms. The number of piperidine rings is 1. The molecule has 2 aliphatic rings. The van der Waals surface area contributed by atoms with E-state index in [9.17, 15) is 13.2 Å². The predicted octanol–water partition coefficient (Wildman–Crippen LogP) is 3.25. The summed E-state index contributed by atoms with van der Waals surface area (Å²) in [4.78, 5) is 13.2. The number of carbonyl (C=O) groups is 1. The average Bonchev–Trinajstić information content (AvgIpc) is 3.11. The lowest BCUT2D eigenvalue weighted by molar-refractivity contribution is 0.0924. The molecule has 1 aromatic carbocycles. The topological polar surface area (TPSA) is 71.4 Å². The Balaban J connectivity index is 1.53. The maximum absolute atomic E-state index is 13.0. The van der Waals surface area contributed by atoms with Gasteiger partial charge in [0, 0.05) is 26.3 Å². The number of sulfonamides is 1. The molecule has 1 saturated heterocycles. The molecular weight excluding hydrogens is 386 g/mol. The zero-order valence-corrected chi connectivity index (χ0v) is 17.9. The summed E-state index contributed by atoms with van der Waals surface area (Å²) < 4.78 is 29.2. The van der Waals surface area contributed by atoms with Gasteiger partial charge in [0.25, 0.3) is 5.91 Å². The number of benzene rings is 1. The number of fused-ring (bicyclic) bond motifs is 1. The average molecular weight is 416 g/mol. The number of amides is 1. The lowest BCUT2D eigenvalue weighted by Crippen LogP contribution is -2.37. The van der Waals surface area contributed by atoms with Crippen LogP contribution >= 0.6 is 0 Å². The number of aromatic nitrogens is 1. The van der Waals surface area contributed by atoms with Crippen molar-refractivity contribution in [2.45, 2.75) is 50.0 Å². The Hall–Kier alpha value is -2.12. The highest BCUT2D eigenvalue weighted by Crippen LogP contribution is 2.30. The van der Waals surface area contributed by atoms with Crippen molar-refractivity contribution in [1.29, 1.82) is 0 Å². The molecule has 0 spiro atoms. The zero-order chi connectivity index (χ0) is 20.6. The highest BCUT2D eigenvalue weighted by atomic mass is 32.2. The summed E-state index contributed by atoms with van der Waals surface area (Å²) in [6, 6.07) is 9.68. The molecule has 0 radical (unpaired) electrons. The van der Waals surface area contributed by atoms with Crippen LogP contribution in [0.15, 0.2) is 41.4 Å². The van der Waals surface area contributed by atoms with Gasteiger partial charge < -0.3 is 9.88 Å². The fraction of sp³-hybridized carbons (Fsp3) is 0.500. The molecule has 2 heterocycles. The van der Waals surface area contributed by atoms with E-state index in [1.807, 2.05) is 12.1 Å². The van der Waals surface area contributed by atoms with E-state index >= 15 is 0 Å². The quantitative estimate of drug-likeness (QED) is 0.833. The molecule has 1 amide bonds. The Morgan fingerprint density at radius 2 is 1.86 bits per heavy atom. The monoisotopic (exact) mass is 415 g/mol. The van der Waals surface area contributed by atoms with Crippen molar-refractivity contribution in [1.82, 2.24) is 14.2 Å². The molecule has 1 atom stereocenters. The number of nitrogens with one attached hydrogen (secondary N) is 1. The summed E-state index contributed by atoms with van der Waals surface area (Å²) >= 11 is 0. The second kappa shape index (κ2) is 7.95. The first-order chi connectivity index (χ1) is 13.9.